The summed E-state index contributed by atoms with van der Waals surface area (Å²) in [5.41, 5.74) is 0.562. The minimum absolute atomic E-state index is 0.106. The molecular formula is C14H17FN2OS. The number of thiazole rings is 1. The molecular weight excluding hydrogens is 263 g/mol. The van der Waals surface area contributed by atoms with Crippen LogP contribution in [0.15, 0.2) is 24.4 Å². The highest BCUT2D eigenvalue weighted by atomic mass is 32.1. The van der Waals surface area contributed by atoms with Crippen LogP contribution in [0.5, 0.6) is 5.75 Å². The van der Waals surface area contributed by atoms with Crippen LogP contribution in [-0.4, -0.2) is 10.1 Å². The first-order valence-electron chi connectivity index (χ1n) is 6.25. The van der Waals surface area contributed by atoms with Crippen molar-refractivity contribution in [1.82, 2.24) is 10.3 Å². The van der Waals surface area contributed by atoms with Gasteiger partial charge >= 0.3 is 0 Å². The highest BCUT2D eigenvalue weighted by Crippen LogP contribution is 2.25. The Bertz CT molecular complexity index is 556. The summed E-state index contributed by atoms with van der Waals surface area (Å²) in [7, 11) is 0. The molecule has 0 aliphatic rings. The van der Waals surface area contributed by atoms with E-state index in [4.69, 9.17) is 0 Å². The molecule has 102 valence electrons. The van der Waals surface area contributed by atoms with Crippen molar-refractivity contribution >= 4 is 11.3 Å². The van der Waals surface area contributed by atoms with E-state index in [0.717, 1.165) is 11.4 Å². The molecule has 2 N–H and O–H groups in total. The van der Waals surface area contributed by atoms with E-state index in [1.54, 1.807) is 11.3 Å². The number of benzene rings is 1. The summed E-state index contributed by atoms with van der Waals surface area (Å²) < 4.78 is 13.2. The smallest absolute Gasteiger partial charge is 0.123 e. The molecule has 1 unspecified atom stereocenters. The number of aromatic nitrogens is 1. The molecule has 0 fully saturated rings. The zero-order chi connectivity index (χ0) is 13.8. The molecule has 2 rings (SSSR count). The van der Waals surface area contributed by atoms with Crippen LogP contribution in [0.25, 0.3) is 0 Å². The van der Waals surface area contributed by atoms with Gasteiger partial charge in [-0.2, -0.15) is 0 Å². The number of hydrogen-bond donors (Lipinski definition) is 2. The first kappa shape index (κ1) is 14.0. The van der Waals surface area contributed by atoms with Crippen molar-refractivity contribution in [2.45, 2.75) is 32.9 Å². The van der Waals surface area contributed by atoms with Crippen LogP contribution in [-0.2, 0) is 13.0 Å². The molecule has 0 bridgehead atoms. The van der Waals surface area contributed by atoms with Crippen LogP contribution in [0, 0.1) is 5.82 Å². The van der Waals surface area contributed by atoms with Gasteiger partial charge in [-0.1, -0.05) is 6.92 Å². The van der Waals surface area contributed by atoms with Crippen molar-refractivity contribution in [3.8, 4) is 5.75 Å². The molecule has 0 radical (unpaired) electrons. The van der Waals surface area contributed by atoms with Crippen LogP contribution in [0.4, 0.5) is 4.39 Å². The molecule has 5 heteroatoms. The third kappa shape index (κ3) is 3.52. The van der Waals surface area contributed by atoms with Crippen molar-refractivity contribution in [2.75, 3.05) is 0 Å². The van der Waals surface area contributed by atoms with E-state index in [2.05, 4.69) is 17.2 Å². The summed E-state index contributed by atoms with van der Waals surface area (Å²) in [6.45, 7) is 4.60. The van der Waals surface area contributed by atoms with Crippen molar-refractivity contribution in [3.05, 3.63) is 45.7 Å². The molecule has 1 heterocycles. The predicted molar refractivity (Wildman–Crippen MR) is 74.8 cm³/mol. The van der Waals surface area contributed by atoms with Crippen LogP contribution in [0.2, 0.25) is 0 Å². The van der Waals surface area contributed by atoms with Gasteiger partial charge in [-0.3, -0.25) is 0 Å². The molecule has 0 amide bonds. The van der Waals surface area contributed by atoms with Gasteiger partial charge in [-0.25, -0.2) is 9.37 Å². The number of nitrogens with zero attached hydrogens (tertiary/aromatic N) is 1. The lowest BCUT2D eigenvalue weighted by Crippen LogP contribution is -2.18. The van der Waals surface area contributed by atoms with E-state index < -0.39 is 0 Å². The highest BCUT2D eigenvalue weighted by Gasteiger charge is 2.11. The second-order valence-corrected chi connectivity index (χ2v) is 5.58. The zero-order valence-corrected chi connectivity index (χ0v) is 11.8. The Kier molecular flexibility index (Phi) is 4.50. The molecule has 19 heavy (non-hydrogen) atoms. The molecule has 2 aromatic rings. The minimum atomic E-state index is -0.344. The second kappa shape index (κ2) is 6.12. The molecule has 0 saturated carbocycles. The summed E-state index contributed by atoms with van der Waals surface area (Å²) in [4.78, 5) is 5.56. The van der Waals surface area contributed by atoms with Crippen molar-refractivity contribution in [1.29, 1.82) is 0 Å². The fraction of sp³-hybridized carbons (Fsp3) is 0.357. The number of hydrogen-bond acceptors (Lipinski definition) is 4. The highest BCUT2D eigenvalue weighted by molar-refractivity contribution is 7.11. The summed E-state index contributed by atoms with van der Waals surface area (Å²) in [5.74, 6) is -0.237. The molecule has 0 aliphatic carbocycles. The lowest BCUT2D eigenvalue weighted by atomic mass is 10.1. The zero-order valence-electron chi connectivity index (χ0n) is 11.0. The maximum absolute atomic E-state index is 13.2. The Morgan fingerprint density at radius 3 is 2.95 bits per heavy atom. The number of aryl methyl sites for hydroxylation is 1. The number of nitrogens with one attached hydrogen (secondary N) is 1. The monoisotopic (exact) mass is 280 g/mol. The summed E-state index contributed by atoms with van der Waals surface area (Å²) >= 11 is 1.67. The number of phenolic OH excluding ortho intramolecular Hbond substituents is 1. The first-order valence-corrected chi connectivity index (χ1v) is 7.07. The van der Waals surface area contributed by atoms with E-state index in [9.17, 15) is 9.50 Å². The Labute approximate surface area is 116 Å². The fourth-order valence-electron chi connectivity index (χ4n) is 1.82. The van der Waals surface area contributed by atoms with Crippen LogP contribution in [0.1, 0.15) is 35.3 Å². The fourth-order valence-corrected chi connectivity index (χ4v) is 2.63. The lowest BCUT2D eigenvalue weighted by Gasteiger charge is -2.14. The van der Waals surface area contributed by atoms with Gasteiger partial charge in [0.1, 0.15) is 16.6 Å². The van der Waals surface area contributed by atoms with Gasteiger partial charge in [0.2, 0.25) is 0 Å². The minimum Gasteiger partial charge on any atom is -0.508 e. The third-order valence-electron chi connectivity index (χ3n) is 2.97. The molecule has 1 aromatic carbocycles. The molecule has 3 nitrogen and oxygen atoms in total. The Hall–Kier alpha value is -1.46. The van der Waals surface area contributed by atoms with E-state index in [1.807, 2.05) is 13.1 Å². The van der Waals surface area contributed by atoms with Crippen LogP contribution in [0.3, 0.4) is 0 Å². The van der Waals surface area contributed by atoms with Crippen molar-refractivity contribution < 1.29 is 9.50 Å². The van der Waals surface area contributed by atoms with E-state index in [0.29, 0.717) is 12.1 Å². The van der Waals surface area contributed by atoms with Gasteiger partial charge in [0.15, 0.2) is 0 Å². The second-order valence-electron chi connectivity index (χ2n) is 4.38. The van der Waals surface area contributed by atoms with Gasteiger partial charge in [0.25, 0.3) is 0 Å². The standard InChI is InChI=1S/C14H17FN2OS/c1-3-11-7-17-14(19-11)8-16-9(2)12-6-10(15)4-5-13(12)18/h4-7,9,16,18H,3,8H2,1-2H3. The largest absolute Gasteiger partial charge is 0.508 e. The molecule has 1 atom stereocenters. The number of halogens is 1. The predicted octanol–water partition coefficient (Wildman–Crippen LogP) is 3.40. The van der Waals surface area contributed by atoms with Crippen molar-refractivity contribution in [2.24, 2.45) is 0 Å². The maximum Gasteiger partial charge on any atom is 0.123 e. The van der Waals surface area contributed by atoms with Gasteiger partial charge in [-0.15, -0.1) is 11.3 Å². The number of phenols is 1. The Morgan fingerprint density at radius 1 is 1.47 bits per heavy atom. The normalized spacial score (nSPS) is 12.6. The summed E-state index contributed by atoms with van der Waals surface area (Å²) in [6, 6.07) is 3.85. The maximum atomic E-state index is 13.2. The SMILES string of the molecule is CCc1cnc(CNC(C)c2cc(F)ccc2O)s1. The molecule has 0 saturated heterocycles. The summed E-state index contributed by atoms with van der Waals surface area (Å²) in [5, 5.41) is 14.0. The average Bonchev–Trinajstić information content (AvgIpc) is 2.87. The van der Waals surface area contributed by atoms with E-state index in [1.165, 1.54) is 23.1 Å². The first-order chi connectivity index (χ1) is 9.10. The van der Waals surface area contributed by atoms with Gasteiger partial charge in [0.05, 0.1) is 0 Å². The number of rotatable bonds is 5. The van der Waals surface area contributed by atoms with Crippen molar-refractivity contribution in [3.63, 3.8) is 0 Å². The summed E-state index contributed by atoms with van der Waals surface area (Å²) in [6.07, 6.45) is 2.86. The number of aromatic hydroxyl groups is 1. The van der Waals surface area contributed by atoms with Gasteiger partial charge in [-0.05, 0) is 31.5 Å². The van der Waals surface area contributed by atoms with Crippen LogP contribution < -0.4 is 5.32 Å². The van der Waals surface area contributed by atoms with Gasteiger partial charge < -0.3 is 10.4 Å². The quantitative estimate of drug-likeness (QED) is 0.882. The van der Waals surface area contributed by atoms with Crippen LogP contribution >= 0.6 is 11.3 Å². The Morgan fingerprint density at radius 2 is 2.26 bits per heavy atom. The Balaban J connectivity index is 2.00. The van der Waals surface area contributed by atoms with E-state index >= 15 is 0 Å². The van der Waals surface area contributed by atoms with Gasteiger partial charge in [0, 0.05) is 29.2 Å². The molecule has 1 aromatic heterocycles. The topological polar surface area (TPSA) is 45.2 Å². The third-order valence-corrected chi connectivity index (χ3v) is 4.11. The molecule has 0 spiro atoms. The van der Waals surface area contributed by atoms with E-state index in [-0.39, 0.29) is 17.6 Å². The average molecular weight is 280 g/mol. The lowest BCUT2D eigenvalue weighted by molar-refractivity contribution is 0.449. The molecule has 0 aliphatic heterocycles.